The molecule has 1 saturated heterocycles. The van der Waals surface area contributed by atoms with Gasteiger partial charge in [-0.3, -0.25) is 4.79 Å². The molecule has 1 fully saturated rings. The van der Waals surface area contributed by atoms with E-state index in [-0.39, 0.29) is 5.92 Å². The van der Waals surface area contributed by atoms with Crippen LogP contribution in [0.5, 0.6) is 0 Å². The van der Waals surface area contributed by atoms with Crippen LogP contribution >= 0.6 is 0 Å². The fraction of sp³-hybridized carbons (Fsp3) is 0.900. The number of hydrogen-bond acceptors (Lipinski definition) is 2. The summed E-state index contributed by atoms with van der Waals surface area (Å²) in [6.07, 6.45) is 2.16. The first kappa shape index (κ1) is 10.5. The first-order valence-electron chi connectivity index (χ1n) is 5.13. The summed E-state index contributed by atoms with van der Waals surface area (Å²) in [7, 11) is 1.88. The van der Waals surface area contributed by atoms with Gasteiger partial charge < -0.3 is 10.2 Å². The van der Waals surface area contributed by atoms with Crippen LogP contribution in [0.4, 0.5) is 0 Å². The molecule has 2 atom stereocenters. The molecule has 0 aliphatic carbocycles. The van der Waals surface area contributed by atoms with Gasteiger partial charge in [0.1, 0.15) is 0 Å². The smallest absolute Gasteiger partial charge is 0.226 e. The van der Waals surface area contributed by atoms with Crippen LogP contribution in [0, 0.1) is 5.92 Å². The lowest BCUT2D eigenvalue weighted by atomic mass is 9.94. The minimum Gasteiger partial charge on any atom is -0.346 e. The summed E-state index contributed by atoms with van der Waals surface area (Å²) in [5.41, 5.74) is 0. The van der Waals surface area contributed by atoms with Crippen LogP contribution in [0.25, 0.3) is 0 Å². The van der Waals surface area contributed by atoms with Crippen molar-refractivity contribution in [3.63, 3.8) is 0 Å². The van der Waals surface area contributed by atoms with Crippen LogP contribution in [0.1, 0.15) is 26.7 Å². The Kier molecular flexibility index (Phi) is 3.72. The van der Waals surface area contributed by atoms with Gasteiger partial charge in [-0.05, 0) is 26.7 Å². The SMILES string of the molecule is CCN(C)C(=O)C1CCC(C)NC1. The molecule has 0 bridgehead atoms. The highest BCUT2D eigenvalue weighted by atomic mass is 16.2. The highest BCUT2D eigenvalue weighted by molar-refractivity contribution is 5.78. The molecule has 2 unspecified atom stereocenters. The molecular formula is C10H20N2O. The number of hydrogen-bond donors (Lipinski definition) is 1. The van der Waals surface area contributed by atoms with Gasteiger partial charge in [-0.25, -0.2) is 0 Å². The summed E-state index contributed by atoms with van der Waals surface area (Å²) < 4.78 is 0. The molecule has 1 amide bonds. The standard InChI is InChI=1S/C10H20N2O/c1-4-12(3)10(13)9-6-5-8(2)11-7-9/h8-9,11H,4-7H2,1-3H3. The van der Waals surface area contributed by atoms with E-state index in [4.69, 9.17) is 0 Å². The molecule has 1 aliphatic rings. The van der Waals surface area contributed by atoms with Crippen LogP contribution in [-0.2, 0) is 4.79 Å². The average Bonchev–Trinajstić information content (AvgIpc) is 2.17. The molecule has 3 heteroatoms. The number of rotatable bonds is 2. The van der Waals surface area contributed by atoms with Crippen molar-refractivity contribution in [2.75, 3.05) is 20.1 Å². The average molecular weight is 184 g/mol. The van der Waals surface area contributed by atoms with Gasteiger partial charge in [0.15, 0.2) is 0 Å². The van der Waals surface area contributed by atoms with Gasteiger partial charge in [0.2, 0.25) is 5.91 Å². The molecule has 1 heterocycles. The van der Waals surface area contributed by atoms with E-state index in [2.05, 4.69) is 12.2 Å². The summed E-state index contributed by atoms with van der Waals surface area (Å²) in [6, 6.07) is 0.580. The third-order valence-corrected chi connectivity index (χ3v) is 2.86. The Morgan fingerprint density at radius 1 is 1.54 bits per heavy atom. The van der Waals surface area contributed by atoms with Crippen LogP contribution < -0.4 is 5.32 Å². The lowest BCUT2D eigenvalue weighted by molar-refractivity contribution is -0.134. The van der Waals surface area contributed by atoms with Gasteiger partial charge in [-0.1, -0.05) is 0 Å². The fourth-order valence-corrected chi connectivity index (χ4v) is 1.68. The molecule has 0 aromatic heterocycles. The van der Waals surface area contributed by atoms with E-state index in [0.717, 1.165) is 25.9 Å². The Morgan fingerprint density at radius 3 is 2.69 bits per heavy atom. The predicted octanol–water partition coefficient (Wildman–Crippen LogP) is 0.853. The summed E-state index contributed by atoms with van der Waals surface area (Å²) in [4.78, 5) is 13.5. The number of nitrogens with one attached hydrogen (secondary N) is 1. The van der Waals surface area contributed by atoms with Gasteiger partial charge in [0.05, 0.1) is 5.92 Å². The molecule has 13 heavy (non-hydrogen) atoms. The second-order valence-electron chi connectivity index (χ2n) is 3.94. The van der Waals surface area contributed by atoms with E-state index < -0.39 is 0 Å². The van der Waals surface area contributed by atoms with Crippen LogP contribution in [0.3, 0.4) is 0 Å². The van der Waals surface area contributed by atoms with E-state index >= 15 is 0 Å². The van der Waals surface area contributed by atoms with Crippen molar-refractivity contribution in [2.45, 2.75) is 32.7 Å². The molecule has 3 nitrogen and oxygen atoms in total. The number of carbonyl (C=O) groups is 1. The second kappa shape index (κ2) is 4.61. The lowest BCUT2D eigenvalue weighted by Gasteiger charge is -2.29. The molecule has 1 rings (SSSR count). The summed E-state index contributed by atoms with van der Waals surface area (Å²) in [6.45, 7) is 5.84. The normalized spacial score (nSPS) is 28.5. The topological polar surface area (TPSA) is 32.3 Å². The molecule has 0 aromatic rings. The number of carbonyl (C=O) groups excluding carboxylic acids is 1. The Morgan fingerprint density at radius 2 is 2.23 bits per heavy atom. The maximum Gasteiger partial charge on any atom is 0.226 e. The zero-order valence-electron chi connectivity index (χ0n) is 8.84. The Hall–Kier alpha value is -0.570. The van der Waals surface area contributed by atoms with E-state index in [9.17, 15) is 4.79 Å². The number of amides is 1. The van der Waals surface area contributed by atoms with Crippen LogP contribution in [0.2, 0.25) is 0 Å². The van der Waals surface area contributed by atoms with E-state index in [1.807, 2.05) is 18.9 Å². The Balaban J connectivity index is 2.40. The maximum atomic E-state index is 11.7. The van der Waals surface area contributed by atoms with Gasteiger partial charge in [-0.2, -0.15) is 0 Å². The van der Waals surface area contributed by atoms with Crippen molar-refractivity contribution in [3.05, 3.63) is 0 Å². The van der Waals surface area contributed by atoms with Gasteiger partial charge in [0.25, 0.3) is 0 Å². The fourth-order valence-electron chi connectivity index (χ4n) is 1.68. The maximum absolute atomic E-state index is 11.7. The minimum absolute atomic E-state index is 0.209. The highest BCUT2D eigenvalue weighted by Crippen LogP contribution is 2.15. The molecule has 0 saturated carbocycles. The zero-order valence-corrected chi connectivity index (χ0v) is 8.84. The van der Waals surface area contributed by atoms with Crippen LogP contribution in [-0.4, -0.2) is 37.0 Å². The van der Waals surface area contributed by atoms with E-state index in [1.165, 1.54) is 0 Å². The van der Waals surface area contributed by atoms with Crippen molar-refractivity contribution in [1.29, 1.82) is 0 Å². The molecule has 0 aromatic carbocycles. The molecule has 1 N–H and O–H groups in total. The number of piperidine rings is 1. The van der Waals surface area contributed by atoms with Crippen molar-refractivity contribution in [3.8, 4) is 0 Å². The quantitative estimate of drug-likeness (QED) is 0.690. The monoisotopic (exact) mass is 184 g/mol. The molecular weight excluding hydrogens is 164 g/mol. The zero-order chi connectivity index (χ0) is 9.84. The van der Waals surface area contributed by atoms with Gasteiger partial charge in [0, 0.05) is 26.2 Å². The molecule has 76 valence electrons. The van der Waals surface area contributed by atoms with Crippen molar-refractivity contribution in [1.82, 2.24) is 10.2 Å². The predicted molar refractivity (Wildman–Crippen MR) is 53.5 cm³/mol. The van der Waals surface area contributed by atoms with Crippen molar-refractivity contribution >= 4 is 5.91 Å². The molecule has 0 radical (unpaired) electrons. The highest BCUT2D eigenvalue weighted by Gasteiger charge is 2.25. The van der Waals surface area contributed by atoms with E-state index in [0.29, 0.717) is 11.9 Å². The Bertz CT molecular complexity index is 174. The number of nitrogens with zero attached hydrogens (tertiary/aromatic N) is 1. The Labute approximate surface area is 80.5 Å². The van der Waals surface area contributed by atoms with Crippen molar-refractivity contribution < 1.29 is 4.79 Å². The van der Waals surface area contributed by atoms with Gasteiger partial charge in [-0.15, -0.1) is 0 Å². The largest absolute Gasteiger partial charge is 0.346 e. The summed E-state index contributed by atoms with van der Waals surface area (Å²) >= 11 is 0. The van der Waals surface area contributed by atoms with Crippen molar-refractivity contribution in [2.24, 2.45) is 5.92 Å². The molecule has 0 spiro atoms. The lowest BCUT2D eigenvalue weighted by Crippen LogP contribution is -2.44. The third-order valence-electron chi connectivity index (χ3n) is 2.86. The van der Waals surface area contributed by atoms with E-state index in [1.54, 1.807) is 0 Å². The summed E-state index contributed by atoms with van der Waals surface area (Å²) in [5, 5.41) is 3.34. The second-order valence-corrected chi connectivity index (χ2v) is 3.94. The summed E-state index contributed by atoms with van der Waals surface area (Å²) in [5.74, 6) is 0.503. The minimum atomic E-state index is 0.209. The first-order valence-corrected chi connectivity index (χ1v) is 5.13. The molecule has 1 aliphatic heterocycles. The van der Waals surface area contributed by atoms with Crippen LogP contribution in [0.15, 0.2) is 0 Å². The van der Waals surface area contributed by atoms with Gasteiger partial charge >= 0.3 is 0 Å². The third kappa shape index (κ3) is 2.69. The first-order chi connectivity index (χ1) is 6.15.